The Morgan fingerprint density at radius 3 is 2.43 bits per heavy atom. The summed E-state index contributed by atoms with van der Waals surface area (Å²) < 4.78 is 5.28. The molecule has 6 heteroatoms. The Balaban J connectivity index is 1.49. The van der Waals surface area contributed by atoms with Crippen LogP contribution in [-0.4, -0.2) is 29.5 Å². The molecule has 176 valence electrons. The van der Waals surface area contributed by atoms with Crippen LogP contribution in [0.1, 0.15) is 40.0 Å². The van der Waals surface area contributed by atoms with E-state index in [1.807, 2.05) is 61.5 Å². The van der Waals surface area contributed by atoms with Crippen molar-refractivity contribution in [1.29, 1.82) is 0 Å². The highest BCUT2D eigenvalue weighted by molar-refractivity contribution is 5.99. The molecule has 0 saturated heterocycles. The Bertz CT molecular complexity index is 1320. The molecule has 1 N–H and O–H groups in total. The maximum absolute atomic E-state index is 13.4. The maximum Gasteiger partial charge on any atom is 0.257 e. The molecule has 6 nitrogen and oxygen atoms in total. The predicted octanol–water partition coefficient (Wildman–Crippen LogP) is 5.21. The first-order chi connectivity index (χ1) is 17.1. The van der Waals surface area contributed by atoms with Crippen LogP contribution in [0.5, 0.6) is 5.75 Å². The van der Waals surface area contributed by atoms with Crippen molar-refractivity contribution < 1.29 is 9.53 Å². The molecule has 1 amide bonds. The van der Waals surface area contributed by atoms with E-state index in [1.165, 1.54) is 11.1 Å². The first-order valence-electron chi connectivity index (χ1n) is 11.8. The number of methoxy groups -OCH3 is 1. The number of rotatable bonds is 6. The molecule has 0 aliphatic carbocycles. The zero-order valence-corrected chi connectivity index (χ0v) is 19.9. The number of carbonyl (C=O) groups is 1. The zero-order chi connectivity index (χ0) is 24.2. The monoisotopic (exact) mass is 464 g/mol. The van der Waals surface area contributed by atoms with Crippen LogP contribution < -0.4 is 15.0 Å². The fourth-order valence-corrected chi connectivity index (χ4v) is 4.43. The molecule has 3 aromatic carbocycles. The van der Waals surface area contributed by atoms with Gasteiger partial charge < -0.3 is 15.0 Å². The number of benzene rings is 3. The van der Waals surface area contributed by atoms with E-state index in [9.17, 15) is 4.79 Å². The number of anilines is 1. The Morgan fingerprint density at radius 1 is 0.971 bits per heavy atom. The molecule has 35 heavy (non-hydrogen) atoms. The van der Waals surface area contributed by atoms with Gasteiger partial charge in [-0.3, -0.25) is 4.79 Å². The lowest BCUT2D eigenvalue weighted by atomic mass is 9.99. The first kappa shape index (κ1) is 22.6. The number of amides is 1. The van der Waals surface area contributed by atoms with Crippen LogP contribution in [0.4, 0.5) is 5.82 Å². The van der Waals surface area contributed by atoms with Crippen molar-refractivity contribution in [2.24, 2.45) is 0 Å². The minimum atomic E-state index is -0.184. The fourth-order valence-electron chi connectivity index (χ4n) is 4.43. The fraction of sp³-hybridized carbons (Fsp3) is 0.207. The number of aromatic nitrogens is 2. The van der Waals surface area contributed by atoms with Crippen LogP contribution in [-0.2, 0) is 13.0 Å². The Labute approximate surface area is 205 Å². The predicted molar refractivity (Wildman–Crippen MR) is 138 cm³/mol. The van der Waals surface area contributed by atoms with E-state index in [0.717, 1.165) is 29.8 Å². The van der Waals surface area contributed by atoms with E-state index in [0.29, 0.717) is 23.8 Å². The summed E-state index contributed by atoms with van der Waals surface area (Å²) in [5.41, 5.74) is 4.99. The summed E-state index contributed by atoms with van der Waals surface area (Å²) in [6.45, 7) is 3.46. The number of fused-ring (bicyclic) bond motifs is 1. The molecule has 4 aromatic rings. The number of carbonyl (C=O) groups excluding carboxylic acids is 1. The highest BCUT2D eigenvalue weighted by Gasteiger charge is 2.25. The van der Waals surface area contributed by atoms with Gasteiger partial charge in [-0.05, 0) is 54.3 Å². The van der Waals surface area contributed by atoms with E-state index in [-0.39, 0.29) is 11.9 Å². The number of nitrogens with one attached hydrogen (secondary N) is 1. The van der Waals surface area contributed by atoms with E-state index < -0.39 is 0 Å². The molecule has 1 unspecified atom stereocenters. The topological polar surface area (TPSA) is 67.3 Å². The summed E-state index contributed by atoms with van der Waals surface area (Å²) in [5, 5.41) is 3.12. The normalized spacial score (nSPS) is 13.6. The Morgan fingerprint density at radius 2 is 1.69 bits per heavy atom. The second kappa shape index (κ2) is 9.97. The third kappa shape index (κ3) is 4.87. The van der Waals surface area contributed by atoms with Gasteiger partial charge in [0.1, 0.15) is 17.1 Å². The number of hydrogen-bond acceptors (Lipinski definition) is 5. The molecule has 1 aliphatic rings. The van der Waals surface area contributed by atoms with Gasteiger partial charge in [0, 0.05) is 24.8 Å². The van der Waals surface area contributed by atoms with Crippen molar-refractivity contribution in [3.05, 3.63) is 107 Å². The minimum Gasteiger partial charge on any atom is -0.497 e. The standard InChI is InChI=1S/C29H28N4O2/c1-20(21-8-4-3-5-9-21)31-29(34)26-18-30-27(23-12-14-25(35-2)15-13-23)32-28(26)33-17-16-22-10-6-7-11-24(22)19-33/h3-15,18,20H,16-17,19H2,1-2H3,(H,31,34). The largest absolute Gasteiger partial charge is 0.497 e. The van der Waals surface area contributed by atoms with Gasteiger partial charge in [-0.25, -0.2) is 9.97 Å². The lowest BCUT2D eigenvalue weighted by Crippen LogP contribution is -2.34. The summed E-state index contributed by atoms with van der Waals surface area (Å²) >= 11 is 0. The Kier molecular flexibility index (Phi) is 6.44. The maximum atomic E-state index is 13.4. The molecule has 0 saturated carbocycles. The third-order valence-electron chi connectivity index (χ3n) is 6.44. The van der Waals surface area contributed by atoms with E-state index in [2.05, 4.69) is 39.5 Å². The van der Waals surface area contributed by atoms with Crippen LogP contribution in [0, 0.1) is 0 Å². The quantitative estimate of drug-likeness (QED) is 0.425. The van der Waals surface area contributed by atoms with Crippen molar-refractivity contribution in [2.75, 3.05) is 18.6 Å². The molecule has 1 aromatic heterocycles. The molecule has 0 spiro atoms. The molecule has 2 heterocycles. The van der Waals surface area contributed by atoms with Crippen molar-refractivity contribution in [3.8, 4) is 17.1 Å². The van der Waals surface area contributed by atoms with Crippen molar-refractivity contribution in [2.45, 2.75) is 25.9 Å². The van der Waals surface area contributed by atoms with Gasteiger partial charge in [0.05, 0.1) is 13.2 Å². The second-order valence-electron chi connectivity index (χ2n) is 8.71. The van der Waals surface area contributed by atoms with E-state index >= 15 is 0 Å². The minimum absolute atomic E-state index is 0.139. The molecule has 0 bridgehead atoms. The first-order valence-corrected chi connectivity index (χ1v) is 11.8. The number of nitrogens with zero attached hydrogens (tertiary/aromatic N) is 3. The van der Waals surface area contributed by atoms with Crippen LogP contribution in [0.3, 0.4) is 0 Å². The lowest BCUT2D eigenvalue weighted by molar-refractivity contribution is 0.0939. The summed E-state index contributed by atoms with van der Waals surface area (Å²) in [4.78, 5) is 25.1. The average molecular weight is 465 g/mol. The zero-order valence-electron chi connectivity index (χ0n) is 19.9. The number of hydrogen-bond donors (Lipinski definition) is 1. The summed E-state index contributed by atoms with van der Waals surface area (Å²) in [6, 6.07) is 25.9. The summed E-state index contributed by atoms with van der Waals surface area (Å²) in [5.74, 6) is 1.82. The van der Waals surface area contributed by atoms with Gasteiger partial charge in [0.15, 0.2) is 5.82 Å². The van der Waals surface area contributed by atoms with Crippen LogP contribution in [0.15, 0.2) is 85.1 Å². The van der Waals surface area contributed by atoms with Crippen molar-refractivity contribution in [1.82, 2.24) is 15.3 Å². The summed E-state index contributed by atoms with van der Waals surface area (Å²) in [7, 11) is 1.64. The molecule has 1 aliphatic heterocycles. The molecular weight excluding hydrogens is 436 g/mol. The lowest BCUT2D eigenvalue weighted by Gasteiger charge is -2.31. The molecular formula is C29H28N4O2. The van der Waals surface area contributed by atoms with Gasteiger partial charge in [0.25, 0.3) is 5.91 Å². The van der Waals surface area contributed by atoms with Gasteiger partial charge >= 0.3 is 0 Å². The van der Waals surface area contributed by atoms with Gasteiger partial charge in [-0.2, -0.15) is 0 Å². The van der Waals surface area contributed by atoms with Gasteiger partial charge in [-0.15, -0.1) is 0 Å². The smallest absolute Gasteiger partial charge is 0.257 e. The van der Waals surface area contributed by atoms with Crippen LogP contribution in [0.25, 0.3) is 11.4 Å². The SMILES string of the molecule is COc1ccc(-c2ncc(C(=O)NC(C)c3ccccc3)c(N3CCc4ccccc4C3)n2)cc1. The molecule has 5 rings (SSSR count). The Hall–Kier alpha value is -4.19. The molecule has 0 fully saturated rings. The van der Waals surface area contributed by atoms with Crippen LogP contribution in [0.2, 0.25) is 0 Å². The molecule has 1 atom stereocenters. The van der Waals surface area contributed by atoms with Crippen molar-refractivity contribution in [3.63, 3.8) is 0 Å². The number of ether oxygens (including phenoxy) is 1. The third-order valence-corrected chi connectivity index (χ3v) is 6.44. The second-order valence-corrected chi connectivity index (χ2v) is 8.71. The van der Waals surface area contributed by atoms with Crippen LogP contribution >= 0.6 is 0 Å². The molecule has 0 radical (unpaired) electrons. The average Bonchev–Trinajstić information content (AvgIpc) is 2.93. The van der Waals surface area contributed by atoms with Gasteiger partial charge in [-0.1, -0.05) is 54.6 Å². The van der Waals surface area contributed by atoms with Gasteiger partial charge in [0.2, 0.25) is 0 Å². The van der Waals surface area contributed by atoms with Crippen molar-refractivity contribution >= 4 is 11.7 Å². The van der Waals surface area contributed by atoms with E-state index in [4.69, 9.17) is 9.72 Å². The summed E-state index contributed by atoms with van der Waals surface area (Å²) in [6.07, 6.45) is 2.55. The van der Waals surface area contributed by atoms with E-state index in [1.54, 1.807) is 13.3 Å². The highest BCUT2D eigenvalue weighted by Crippen LogP contribution is 2.29. The highest BCUT2D eigenvalue weighted by atomic mass is 16.5.